The van der Waals surface area contributed by atoms with E-state index in [9.17, 15) is 49.5 Å². The Hall–Kier alpha value is -6.31. The molecule has 3 heterocycles. The monoisotopic (exact) mass is 876 g/mol. The van der Waals surface area contributed by atoms with Crippen molar-refractivity contribution in [2.24, 2.45) is 5.41 Å². The summed E-state index contributed by atoms with van der Waals surface area (Å²) in [4.78, 5) is 50.3. The molecule has 0 saturated carbocycles. The van der Waals surface area contributed by atoms with E-state index in [0.29, 0.717) is 0 Å². The van der Waals surface area contributed by atoms with E-state index in [2.05, 4.69) is 9.47 Å². The molecule has 13 nitrogen and oxygen atoms in total. The maximum atomic E-state index is 15.4. The standard InChI is InChI=1S/C23H23F3N2O5S.C18H15F3N2O4/c1-13(2)27-18-8-14(19(29)10-23(3)11-34(31,32)12-23)7-17(24)20(18)28(22(27)30)15-5-4-6-16(9-15)33-21(25)26;1-9(2)22-14-7-10(16(24)25)6-13(19)15(14)23(18(22)26)11-4-3-5-12(8-11)27-17(20)21/h4-9,13,21H,10-12H2,1-3H3;3-9,17H,1-2H3,(H,24,25). The molecular weight excluding hydrogens is 839 g/mol. The van der Waals surface area contributed by atoms with Crippen LogP contribution in [0.3, 0.4) is 0 Å². The summed E-state index contributed by atoms with van der Waals surface area (Å²) in [6, 6.07) is 14.3. The molecule has 0 amide bonds. The Bertz CT molecular complexity index is 2920. The fraction of sp³-hybridized carbons (Fsp3) is 0.317. The minimum atomic E-state index is -3.15. The summed E-state index contributed by atoms with van der Waals surface area (Å²) in [5.41, 5.74) is -2.00. The third-order valence-corrected chi connectivity index (χ3v) is 12.0. The van der Waals surface area contributed by atoms with E-state index in [4.69, 9.17) is 5.11 Å². The third kappa shape index (κ3) is 8.94. The van der Waals surface area contributed by atoms with Gasteiger partial charge in [0.25, 0.3) is 0 Å². The molecule has 0 radical (unpaired) electrons. The number of aromatic carboxylic acids is 1. The predicted octanol–water partition coefficient (Wildman–Crippen LogP) is 7.93. The van der Waals surface area contributed by atoms with E-state index in [1.54, 1.807) is 34.6 Å². The lowest BCUT2D eigenvalue weighted by atomic mass is 9.86. The molecule has 1 saturated heterocycles. The molecular formula is C41H38F6N4O9S. The minimum absolute atomic E-state index is 0.0249. The molecule has 0 spiro atoms. The summed E-state index contributed by atoms with van der Waals surface area (Å²) in [5, 5.41) is 9.16. The average Bonchev–Trinajstić information content (AvgIpc) is 3.61. The summed E-state index contributed by atoms with van der Waals surface area (Å²) in [7, 11) is -3.15. The molecule has 7 rings (SSSR count). The molecule has 20 heteroatoms. The number of fused-ring (bicyclic) bond motifs is 2. The molecule has 4 aromatic carbocycles. The molecule has 61 heavy (non-hydrogen) atoms. The maximum Gasteiger partial charge on any atom is 0.387 e. The summed E-state index contributed by atoms with van der Waals surface area (Å²) in [6.07, 6.45) is -0.0726. The highest BCUT2D eigenvalue weighted by Gasteiger charge is 2.46. The Morgan fingerprint density at radius 2 is 1.11 bits per heavy atom. The van der Waals surface area contributed by atoms with E-state index in [1.807, 2.05) is 0 Å². The van der Waals surface area contributed by atoms with Gasteiger partial charge in [0.1, 0.15) is 34.2 Å². The lowest BCUT2D eigenvalue weighted by Gasteiger charge is -2.37. The molecule has 2 aromatic heterocycles. The zero-order valence-corrected chi connectivity index (χ0v) is 33.9. The van der Waals surface area contributed by atoms with Crippen molar-refractivity contribution in [1.82, 2.24) is 18.3 Å². The first-order valence-electron chi connectivity index (χ1n) is 18.5. The van der Waals surface area contributed by atoms with Crippen LogP contribution < -0.4 is 20.9 Å². The van der Waals surface area contributed by atoms with Crippen molar-refractivity contribution in [2.75, 3.05) is 11.5 Å². The van der Waals surface area contributed by atoms with Crippen molar-refractivity contribution in [2.45, 2.75) is 66.3 Å². The van der Waals surface area contributed by atoms with Crippen molar-refractivity contribution in [3.63, 3.8) is 0 Å². The number of hydrogen-bond acceptors (Lipinski definition) is 8. The second-order valence-electron chi connectivity index (χ2n) is 15.3. The van der Waals surface area contributed by atoms with Crippen LogP contribution in [0.4, 0.5) is 26.3 Å². The number of carbonyl (C=O) groups is 2. The van der Waals surface area contributed by atoms with Crippen LogP contribution >= 0.6 is 0 Å². The first kappa shape index (κ1) is 44.2. The normalized spacial score (nSPS) is 14.4. The number of benzene rings is 4. The number of halogens is 6. The molecule has 1 aliphatic heterocycles. The number of imidazole rings is 2. The Kier molecular flexibility index (Phi) is 12.1. The average molecular weight is 877 g/mol. The number of ketones is 1. The quantitative estimate of drug-likeness (QED) is 0.0951. The van der Waals surface area contributed by atoms with Gasteiger partial charge < -0.3 is 14.6 Å². The number of nitrogens with zero attached hydrogens (tertiary/aromatic N) is 4. The lowest BCUT2D eigenvalue weighted by Crippen LogP contribution is -2.47. The van der Waals surface area contributed by atoms with Gasteiger partial charge >= 0.3 is 30.6 Å². The van der Waals surface area contributed by atoms with Gasteiger partial charge in [0.15, 0.2) is 15.6 Å². The summed E-state index contributed by atoms with van der Waals surface area (Å²) < 4.78 is 117. The second kappa shape index (κ2) is 16.6. The molecule has 324 valence electrons. The van der Waals surface area contributed by atoms with Gasteiger partial charge in [-0.15, -0.1) is 0 Å². The van der Waals surface area contributed by atoms with Gasteiger partial charge in [0.05, 0.1) is 39.5 Å². The molecule has 0 atom stereocenters. The topological polar surface area (TPSA) is 161 Å². The van der Waals surface area contributed by atoms with Gasteiger partial charge in [0.2, 0.25) is 0 Å². The van der Waals surface area contributed by atoms with Crippen molar-refractivity contribution in [3.8, 4) is 22.9 Å². The lowest BCUT2D eigenvalue weighted by molar-refractivity contribution is -0.0505. The van der Waals surface area contributed by atoms with E-state index in [1.165, 1.54) is 69.8 Å². The van der Waals surface area contributed by atoms with Crippen LogP contribution in [0.15, 0.2) is 82.4 Å². The molecule has 1 N–H and O–H groups in total. The van der Waals surface area contributed by atoms with Crippen LogP contribution in [0.1, 0.15) is 73.8 Å². The number of carbonyl (C=O) groups excluding carboxylic acids is 1. The van der Waals surface area contributed by atoms with Gasteiger partial charge in [-0.25, -0.2) is 31.6 Å². The number of Topliss-reactive ketones (excluding diaryl/α,β-unsaturated/α-hetero) is 1. The van der Waals surface area contributed by atoms with Gasteiger partial charge in [-0.1, -0.05) is 19.1 Å². The van der Waals surface area contributed by atoms with Crippen LogP contribution in [0.5, 0.6) is 11.5 Å². The highest BCUT2D eigenvalue weighted by atomic mass is 32.2. The number of ether oxygens (including phenoxy) is 2. The zero-order chi connectivity index (χ0) is 44.9. The molecule has 0 bridgehead atoms. The number of hydrogen-bond donors (Lipinski definition) is 1. The van der Waals surface area contributed by atoms with Crippen molar-refractivity contribution in [1.29, 1.82) is 0 Å². The third-order valence-electron chi connectivity index (χ3n) is 9.78. The predicted molar refractivity (Wildman–Crippen MR) is 212 cm³/mol. The van der Waals surface area contributed by atoms with E-state index in [-0.39, 0.29) is 74.0 Å². The molecule has 1 aliphatic rings. The number of carboxylic acids is 1. The number of alkyl halides is 4. The highest BCUT2D eigenvalue weighted by molar-refractivity contribution is 7.92. The molecule has 1 fully saturated rings. The van der Waals surface area contributed by atoms with E-state index < -0.39 is 75.3 Å². The van der Waals surface area contributed by atoms with Crippen LogP contribution in [-0.4, -0.2) is 68.3 Å². The second-order valence-corrected chi connectivity index (χ2v) is 17.4. The fourth-order valence-electron chi connectivity index (χ4n) is 7.56. The van der Waals surface area contributed by atoms with Crippen LogP contribution in [-0.2, 0) is 9.84 Å². The maximum absolute atomic E-state index is 15.4. The number of sulfone groups is 1. The minimum Gasteiger partial charge on any atom is -0.478 e. The van der Waals surface area contributed by atoms with Crippen LogP contribution in [0, 0.1) is 17.0 Å². The first-order chi connectivity index (χ1) is 28.5. The van der Waals surface area contributed by atoms with Crippen molar-refractivity contribution in [3.05, 3.63) is 117 Å². The van der Waals surface area contributed by atoms with E-state index in [0.717, 1.165) is 21.3 Å². The first-order valence-corrected chi connectivity index (χ1v) is 20.3. The van der Waals surface area contributed by atoms with Crippen molar-refractivity contribution >= 4 is 43.7 Å². The Labute approximate surface area is 342 Å². The largest absolute Gasteiger partial charge is 0.478 e. The molecule has 0 aliphatic carbocycles. The SMILES string of the molecule is CC(C)n1c(=O)n(-c2cccc(OC(F)F)c2)c2c(F)cc(C(=O)CC3(C)CS(=O)(=O)C3)cc21.CC(C)n1c(=O)n(-c2cccc(OC(F)F)c2)c2c(F)cc(C(=O)O)cc21. The number of aromatic nitrogens is 4. The highest BCUT2D eigenvalue weighted by Crippen LogP contribution is 2.37. The Morgan fingerprint density at radius 1 is 0.705 bits per heavy atom. The van der Waals surface area contributed by atoms with E-state index >= 15 is 4.39 Å². The summed E-state index contributed by atoms with van der Waals surface area (Å²) >= 11 is 0. The van der Waals surface area contributed by atoms with Crippen LogP contribution in [0.25, 0.3) is 33.4 Å². The van der Waals surface area contributed by atoms with Gasteiger partial charge in [-0.2, -0.15) is 17.6 Å². The summed E-state index contributed by atoms with van der Waals surface area (Å²) in [5.74, 6) is -4.13. The van der Waals surface area contributed by atoms with Gasteiger partial charge in [0, 0.05) is 41.6 Å². The van der Waals surface area contributed by atoms with Crippen LogP contribution in [0.2, 0.25) is 0 Å². The summed E-state index contributed by atoms with van der Waals surface area (Å²) in [6.45, 7) is 2.38. The smallest absolute Gasteiger partial charge is 0.387 e. The molecule has 6 aromatic rings. The zero-order valence-electron chi connectivity index (χ0n) is 33.0. The van der Waals surface area contributed by atoms with Gasteiger partial charge in [-0.05, 0) is 76.2 Å². The van der Waals surface area contributed by atoms with Crippen molar-refractivity contribution < 1.29 is 58.9 Å². The Balaban J connectivity index is 0.000000210. The Morgan fingerprint density at radius 3 is 1.49 bits per heavy atom. The molecule has 0 unspecified atom stereocenters. The van der Waals surface area contributed by atoms with Gasteiger partial charge in [-0.3, -0.25) is 23.1 Å². The number of rotatable bonds is 12. The fourth-order valence-corrected chi connectivity index (χ4v) is 9.81. The number of carboxylic acid groups (broad SMARTS) is 1.